The van der Waals surface area contributed by atoms with Crippen LogP contribution in [0.4, 0.5) is 0 Å². The third-order valence-corrected chi connectivity index (χ3v) is 3.60. The van der Waals surface area contributed by atoms with Gasteiger partial charge in [-0.3, -0.25) is 9.69 Å². The van der Waals surface area contributed by atoms with E-state index in [9.17, 15) is 4.79 Å². The summed E-state index contributed by atoms with van der Waals surface area (Å²) < 4.78 is 10.6. The van der Waals surface area contributed by atoms with Crippen molar-refractivity contribution in [2.45, 2.75) is 32.7 Å². The van der Waals surface area contributed by atoms with Crippen LogP contribution in [-0.2, 0) is 9.53 Å². The number of methoxy groups -OCH3 is 1. The molecule has 1 aromatic rings. The summed E-state index contributed by atoms with van der Waals surface area (Å²) in [5.41, 5.74) is 1.99. The monoisotopic (exact) mass is 277 g/mol. The summed E-state index contributed by atoms with van der Waals surface area (Å²) in [4.78, 5) is 14.3. The molecule has 0 unspecified atom stereocenters. The predicted molar refractivity (Wildman–Crippen MR) is 78.0 cm³/mol. The molecule has 0 radical (unpaired) electrons. The average Bonchev–Trinajstić information content (AvgIpc) is 3.23. The highest BCUT2D eigenvalue weighted by atomic mass is 16.5. The minimum atomic E-state index is -0.189. The van der Waals surface area contributed by atoms with Crippen LogP contribution in [0, 0.1) is 13.8 Å². The van der Waals surface area contributed by atoms with Gasteiger partial charge in [-0.05, 0) is 37.8 Å². The molecule has 0 bridgehead atoms. The van der Waals surface area contributed by atoms with Crippen LogP contribution in [0.15, 0.2) is 18.2 Å². The van der Waals surface area contributed by atoms with Gasteiger partial charge in [0, 0.05) is 19.7 Å². The fourth-order valence-corrected chi connectivity index (χ4v) is 2.31. The number of rotatable bonds is 7. The van der Waals surface area contributed by atoms with Crippen LogP contribution in [-0.4, -0.2) is 43.7 Å². The highest BCUT2D eigenvalue weighted by Gasteiger charge is 2.30. The van der Waals surface area contributed by atoms with Crippen molar-refractivity contribution >= 4 is 5.97 Å². The molecule has 1 saturated carbocycles. The first-order valence-electron chi connectivity index (χ1n) is 7.11. The zero-order valence-corrected chi connectivity index (χ0v) is 12.5. The molecule has 0 N–H and O–H groups in total. The Kier molecular flexibility index (Phi) is 5.15. The predicted octanol–water partition coefficient (Wildman–Crippen LogP) is 2.32. The maximum Gasteiger partial charge on any atom is 0.325 e. The number of hydrogen-bond acceptors (Lipinski definition) is 4. The van der Waals surface area contributed by atoms with Crippen molar-refractivity contribution in [1.82, 2.24) is 4.90 Å². The van der Waals surface area contributed by atoms with E-state index in [2.05, 4.69) is 4.90 Å². The molecule has 0 spiro atoms. The number of esters is 1. The van der Waals surface area contributed by atoms with E-state index >= 15 is 0 Å². The largest absolute Gasteiger partial charge is 0.425 e. The van der Waals surface area contributed by atoms with E-state index in [1.54, 1.807) is 7.11 Å². The van der Waals surface area contributed by atoms with Gasteiger partial charge in [0.15, 0.2) is 0 Å². The Bertz CT molecular complexity index is 449. The zero-order chi connectivity index (χ0) is 14.5. The summed E-state index contributed by atoms with van der Waals surface area (Å²) in [5, 5.41) is 0. The van der Waals surface area contributed by atoms with Crippen LogP contribution in [0.5, 0.6) is 5.75 Å². The number of ether oxygens (including phenoxy) is 2. The first-order valence-corrected chi connectivity index (χ1v) is 7.11. The molecule has 0 aromatic heterocycles. The number of nitrogens with zero attached hydrogens (tertiary/aromatic N) is 1. The van der Waals surface area contributed by atoms with Crippen molar-refractivity contribution in [1.29, 1.82) is 0 Å². The second-order valence-electron chi connectivity index (χ2n) is 5.39. The maximum atomic E-state index is 12.1. The Morgan fingerprint density at radius 2 is 1.95 bits per heavy atom. The summed E-state index contributed by atoms with van der Waals surface area (Å²) in [6, 6.07) is 6.41. The number of carbonyl (C=O) groups excluding carboxylic acids is 1. The van der Waals surface area contributed by atoms with Crippen molar-refractivity contribution in [2.75, 3.05) is 26.8 Å². The Morgan fingerprint density at radius 3 is 2.50 bits per heavy atom. The SMILES string of the molecule is COCCN(CC(=O)Oc1c(C)cccc1C)C1CC1. The molecular weight excluding hydrogens is 254 g/mol. The zero-order valence-electron chi connectivity index (χ0n) is 12.5. The fourth-order valence-electron chi connectivity index (χ4n) is 2.31. The van der Waals surface area contributed by atoms with Crippen LogP contribution in [0.1, 0.15) is 24.0 Å². The Labute approximate surface area is 120 Å². The molecule has 1 aliphatic rings. The van der Waals surface area contributed by atoms with Crippen molar-refractivity contribution in [3.63, 3.8) is 0 Å². The number of benzene rings is 1. The van der Waals surface area contributed by atoms with E-state index in [1.165, 1.54) is 12.8 Å². The van der Waals surface area contributed by atoms with Crippen LogP contribution in [0.25, 0.3) is 0 Å². The van der Waals surface area contributed by atoms with E-state index < -0.39 is 0 Å². The molecule has 2 rings (SSSR count). The fraction of sp³-hybridized carbons (Fsp3) is 0.562. The number of hydrogen-bond donors (Lipinski definition) is 0. The van der Waals surface area contributed by atoms with Gasteiger partial charge in [-0.25, -0.2) is 0 Å². The normalized spacial score (nSPS) is 14.6. The van der Waals surface area contributed by atoms with E-state index in [0.717, 1.165) is 17.7 Å². The molecule has 20 heavy (non-hydrogen) atoms. The highest BCUT2D eigenvalue weighted by molar-refractivity contribution is 5.75. The van der Waals surface area contributed by atoms with Crippen LogP contribution in [0.3, 0.4) is 0 Å². The first-order chi connectivity index (χ1) is 9.61. The standard InChI is InChI=1S/C16H23NO3/c1-12-5-4-6-13(2)16(12)20-15(18)11-17(9-10-19-3)14-7-8-14/h4-6,14H,7-11H2,1-3H3. The molecule has 1 aromatic carbocycles. The Morgan fingerprint density at radius 1 is 1.30 bits per heavy atom. The van der Waals surface area contributed by atoms with E-state index in [1.807, 2.05) is 32.0 Å². The van der Waals surface area contributed by atoms with Crippen molar-refractivity contribution in [3.05, 3.63) is 29.3 Å². The molecule has 0 atom stereocenters. The van der Waals surface area contributed by atoms with Gasteiger partial charge >= 0.3 is 5.97 Å². The van der Waals surface area contributed by atoms with Crippen LogP contribution in [0.2, 0.25) is 0 Å². The Balaban J connectivity index is 1.93. The highest BCUT2D eigenvalue weighted by Crippen LogP contribution is 2.27. The molecule has 1 fully saturated rings. The lowest BCUT2D eigenvalue weighted by atomic mass is 10.1. The quantitative estimate of drug-likeness (QED) is 0.566. The van der Waals surface area contributed by atoms with Gasteiger partial charge in [0.25, 0.3) is 0 Å². The second kappa shape index (κ2) is 6.86. The van der Waals surface area contributed by atoms with Crippen LogP contribution >= 0.6 is 0 Å². The minimum absolute atomic E-state index is 0.189. The number of para-hydroxylation sites is 1. The van der Waals surface area contributed by atoms with Gasteiger partial charge < -0.3 is 9.47 Å². The third-order valence-electron chi connectivity index (χ3n) is 3.60. The first kappa shape index (κ1) is 15.0. The molecule has 110 valence electrons. The second-order valence-corrected chi connectivity index (χ2v) is 5.39. The lowest BCUT2D eigenvalue weighted by molar-refractivity contribution is -0.136. The van der Waals surface area contributed by atoms with Gasteiger partial charge in [-0.15, -0.1) is 0 Å². The van der Waals surface area contributed by atoms with Gasteiger partial charge in [0.05, 0.1) is 13.2 Å². The summed E-state index contributed by atoms with van der Waals surface area (Å²) in [6.07, 6.45) is 2.33. The molecule has 0 heterocycles. The van der Waals surface area contributed by atoms with Gasteiger partial charge in [-0.1, -0.05) is 18.2 Å². The van der Waals surface area contributed by atoms with Gasteiger partial charge in [0.1, 0.15) is 5.75 Å². The summed E-state index contributed by atoms with van der Waals surface area (Å²) >= 11 is 0. The summed E-state index contributed by atoms with van der Waals surface area (Å²) in [6.45, 7) is 5.68. The van der Waals surface area contributed by atoms with Crippen molar-refractivity contribution in [3.8, 4) is 5.75 Å². The summed E-state index contributed by atoms with van der Waals surface area (Å²) in [5.74, 6) is 0.505. The van der Waals surface area contributed by atoms with Gasteiger partial charge in [0.2, 0.25) is 0 Å². The van der Waals surface area contributed by atoms with Crippen LogP contribution < -0.4 is 4.74 Å². The third kappa shape index (κ3) is 4.05. The smallest absolute Gasteiger partial charge is 0.325 e. The average molecular weight is 277 g/mol. The topological polar surface area (TPSA) is 38.8 Å². The molecule has 0 amide bonds. The van der Waals surface area contributed by atoms with Crippen molar-refractivity contribution < 1.29 is 14.3 Å². The number of aryl methyl sites for hydroxylation is 2. The molecule has 0 saturated heterocycles. The molecule has 4 heteroatoms. The van der Waals surface area contributed by atoms with E-state index in [-0.39, 0.29) is 5.97 Å². The maximum absolute atomic E-state index is 12.1. The summed E-state index contributed by atoms with van der Waals surface area (Å²) in [7, 11) is 1.68. The molecule has 0 aliphatic heterocycles. The molecular formula is C16H23NO3. The van der Waals surface area contributed by atoms with Gasteiger partial charge in [-0.2, -0.15) is 0 Å². The molecule has 1 aliphatic carbocycles. The number of carbonyl (C=O) groups is 1. The van der Waals surface area contributed by atoms with E-state index in [0.29, 0.717) is 24.9 Å². The lowest BCUT2D eigenvalue weighted by Crippen LogP contribution is -2.36. The Hall–Kier alpha value is -1.39. The molecule has 4 nitrogen and oxygen atoms in total. The van der Waals surface area contributed by atoms with E-state index in [4.69, 9.17) is 9.47 Å². The van der Waals surface area contributed by atoms with Crippen molar-refractivity contribution in [2.24, 2.45) is 0 Å². The lowest BCUT2D eigenvalue weighted by Gasteiger charge is -2.20. The minimum Gasteiger partial charge on any atom is -0.425 e.